The van der Waals surface area contributed by atoms with E-state index in [1.54, 1.807) is 0 Å². The van der Waals surface area contributed by atoms with Crippen molar-refractivity contribution in [1.29, 1.82) is 0 Å². The van der Waals surface area contributed by atoms with Gasteiger partial charge >= 0.3 is 0 Å². The molecule has 0 saturated carbocycles. The van der Waals surface area contributed by atoms with Crippen molar-refractivity contribution in [2.24, 2.45) is 10.9 Å². The molecule has 0 amide bonds. The zero-order valence-electron chi connectivity index (χ0n) is 13.5. The third kappa shape index (κ3) is 4.86. The highest BCUT2D eigenvalue weighted by Crippen LogP contribution is 2.16. The van der Waals surface area contributed by atoms with Gasteiger partial charge in [0.15, 0.2) is 5.96 Å². The number of nitrogens with zero attached hydrogens (tertiary/aromatic N) is 3. The van der Waals surface area contributed by atoms with E-state index in [0.717, 1.165) is 49.4 Å². The number of piperidine rings is 1. The van der Waals surface area contributed by atoms with E-state index in [1.807, 2.05) is 20.9 Å². The van der Waals surface area contributed by atoms with Crippen molar-refractivity contribution in [2.45, 2.75) is 40.0 Å². The first-order chi connectivity index (χ1) is 9.61. The lowest BCUT2D eigenvalue weighted by Gasteiger charge is -2.32. The monoisotopic (exact) mass is 406 g/mol. The Morgan fingerprint density at radius 2 is 2.05 bits per heavy atom. The van der Waals surface area contributed by atoms with Crippen LogP contribution >= 0.6 is 24.0 Å². The Morgan fingerprint density at radius 1 is 1.38 bits per heavy atom. The Labute approximate surface area is 144 Å². The average molecular weight is 406 g/mol. The Balaban J connectivity index is 0.00000220. The number of halogens is 1. The van der Waals surface area contributed by atoms with Crippen LogP contribution in [-0.4, -0.2) is 42.7 Å². The maximum atomic E-state index is 5.19. The molecule has 0 atom stereocenters. The fraction of sp³-hybridized carbons (Fsp3) is 0.733. The SMILES string of the molecule is CN=C(NCCc1c(C)noc1C)N1CCC(C)CC1.I. The molecule has 1 N–H and O–H groups in total. The molecule has 1 fully saturated rings. The van der Waals surface area contributed by atoms with Crippen molar-refractivity contribution in [3.05, 3.63) is 17.0 Å². The van der Waals surface area contributed by atoms with Crippen molar-refractivity contribution in [1.82, 2.24) is 15.4 Å². The van der Waals surface area contributed by atoms with Crippen LogP contribution in [0.15, 0.2) is 9.52 Å². The summed E-state index contributed by atoms with van der Waals surface area (Å²) in [5, 5.41) is 7.44. The van der Waals surface area contributed by atoms with Crippen molar-refractivity contribution < 1.29 is 4.52 Å². The van der Waals surface area contributed by atoms with E-state index in [4.69, 9.17) is 4.52 Å². The van der Waals surface area contributed by atoms with E-state index >= 15 is 0 Å². The van der Waals surface area contributed by atoms with Crippen LogP contribution in [-0.2, 0) is 6.42 Å². The molecular formula is C15H27IN4O. The van der Waals surface area contributed by atoms with E-state index in [9.17, 15) is 0 Å². The first-order valence-electron chi connectivity index (χ1n) is 7.49. The number of nitrogens with one attached hydrogen (secondary N) is 1. The number of aliphatic imine (C=N–C) groups is 1. The van der Waals surface area contributed by atoms with Crippen molar-refractivity contribution in [3.8, 4) is 0 Å². The third-order valence-corrected chi connectivity index (χ3v) is 4.13. The number of rotatable bonds is 3. The van der Waals surface area contributed by atoms with Gasteiger partial charge in [0, 0.05) is 32.2 Å². The van der Waals surface area contributed by atoms with E-state index in [2.05, 4.69) is 27.3 Å². The predicted molar refractivity (Wildman–Crippen MR) is 96.4 cm³/mol. The fourth-order valence-electron chi connectivity index (χ4n) is 2.71. The molecule has 5 nitrogen and oxygen atoms in total. The lowest BCUT2D eigenvalue weighted by atomic mass is 9.99. The van der Waals surface area contributed by atoms with Gasteiger partial charge in [0.05, 0.1) is 5.69 Å². The van der Waals surface area contributed by atoms with Gasteiger partial charge in [-0.1, -0.05) is 12.1 Å². The summed E-state index contributed by atoms with van der Waals surface area (Å²) in [7, 11) is 1.86. The van der Waals surface area contributed by atoms with Gasteiger partial charge in [-0.05, 0) is 39.0 Å². The Bertz CT molecular complexity index is 445. The summed E-state index contributed by atoms with van der Waals surface area (Å²) in [5.41, 5.74) is 2.20. The Morgan fingerprint density at radius 3 is 2.57 bits per heavy atom. The van der Waals surface area contributed by atoms with Crippen LogP contribution in [0.5, 0.6) is 0 Å². The second-order valence-corrected chi connectivity index (χ2v) is 5.70. The number of hydrogen-bond donors (Lipinski definition) is 1. The lowest BCUT2D eigenvalue weighted by Crippen LogP contribution is -2.45. The van der Waals surface area contributed by atoms with Gasteiger partial charge < -0.3 is 14.7 Å². The van der Waals surface area contributed by atoms with Gasteiger partial charge in [0.2, 0.25) is 0 Å². The van der Waals surface area contributed by atoms with E-state index in [0.29, 0.717) is 0 Å². The minimum atomic E-state index is 0. The molecular weight excluding hydrogens is 379 g/mol. The molecule has 1 aliphatic rings. The second kappa shape index (κ2) is 8.60. The summed E-state index contributed by atoms with van der Waals surface area (Å²) in [4.78, 5) is 6.75. The molecule has 0 bridgehead atoms. The molecule has 6 heteroatoms. The van der Waals surface area contributed by atoms with Crippen LogP contribution in [0.2, 0.25) is 0 Å². The second-order valence-electron chi connectivity index (χ2n) is 5.70. The summed E-state index contributed by atoms with van der Waals surface area (Å²) in [6, 6.07) is 0. The number of aryl methyl sites for hydroxylation is 2. The molecule has 0 radical (unpaired) electrons. The van der Waals surface area contributed by atoms with Crippen LogP contribution in [0.3, 0.4) is 0 Å². The molecule has 1 aromatic rings. The lowest BCUT2D eigenvalue weighted by molar-refractivity contribution is 0.273. The third-order valence-electron chi connectivity index (χ3n) is 4.13. The first-order valence-corrected chi connectivity index (χ1v) is 7.49. The summed E-state index contributed by atoms with van der Waals surface area (Å²) >= 11 is 0. The molecule has 21 heavy (non-hydrogen) atoms. The standard InChI is InChI=1S/C15H26N4O.HI/c1-11-6-9-19(10-7-11)15(16-4)17-8-5-14-12(2)18-20-13(14)3;/h11H,5-10H2,1-4H3,(H,16,17);1H. The van der Waals surface area contributed by atoms with Gasteiger partial charge in [-0.3, -0.25) is 4.99 Å². The van der Waals surface area contributed by atoms with E-state index < -0.39 is 0 Å². The van der Waals surface area contributed by atoms with Crippen LogP contribution < -0.4 is 5.32 Å². The molecule has 0 unspecified atom stereocenters. The zero-order valence-corrected chi connectivity index (χ0v) is 15.8. The van der Waals surface area contributed by atoms with E-state index in [-0.39, 0.29) is 24.0 Å². The topological polar surface area (TPSA) is 53.7 Å². The molecule has 120 valence electrons. The van der Waals surface area contributed by atoms with Gasteiger partial charge in [0.25, 0.3) is 0 Å². The predicted octanol–water partition coefficient (Wildman–Crippen LogP) is 2.76. The van der Waals surface area contributed by atoms with Crippen molar-refractivity contribution >= 4 is 29.9 Å². The van der Waals surface area contributed by atoms with Crippen LogP contribution in [0, 0.1) is 19.8 Å². The van der Waals surface area contributed by atoms with Crippen molar-refractivity contribution in [2.75, 3.05) is 26.7 Å². The summed E-state index contributed by atoms with van der Waals surface area (Å²) in [6.07, 6.45) is 3.43. The van der Waals surface area contributed by atoms with E-state index in [1.165, 1.54) is 18.4 Å². The fourth-order valence-corrected chi connectivity index (χ4v) is 2.71. The molecule has 2 rings (SSSR count). The molecule has 0 aliphatic carbocycles. The minimum Gasteiger partial charge on any atom is -0.361 e. The van der Waals surface area contributed by atoms with Crippen LogP contribution in [0.1, 0.15) is 36.8 Å². The highest BCUT2D eigenvalue weighted by Gasteiger charge is 2.18. The zero-order chi connectivity index (χ0) is 14.5. The molecule has 0 spiro atoms. The highest BCUT2D eigenvalue weighted by molar-refractivity contribution is 14.0. The molecule has 2 heterocycles. The summed E-state index contributed by atoms with van der Waals surface area (Å²) < 4.78 is 5.19. The normalized spacial score (nSPS) is 16.8. The van der Waals surface area contributed by atoms with Gasteiger partial charge in [-0.25, -0.2) is 0 Å². The molecule has 1 saturated heterocycles. The van der Waals surface area contributed by atoms with Gasteiger partial charge in [-0.2, -0.15) is 0 Å². The van der Waals surface area contributed by atoms with Crippen LogP contribution in [0.25, 0.3) is 0 Å². The first kappa shape index (κ1) is 18.3. The Kier molecular flexibility index (Phi) is 7.48. The van der Waals surface area contributed by atoms with Gasteiger partial charge in [0.1, 0.15) is 5.76 Å². The maximum Gasteiger partial charge on any atom is 0.193 e. The summed E-state index contributed by atoms with van der Waals surface area (Å²) in [6.45, 7) is 9.35. The smallest absolute Gasteiger partial charge is 0.193 e. The average Bonchev–Trinajstić information content (AvgIpc) is 2.76. The summed E-state index contributed by atoms with van der Waals surface area (Å²) in [5.74, 6) is 2.78. The largest absolute Gasteiger partial charge is 0.361 e. The van der Waals surface area contributed by atoms with Crippen LogP contribution in [0.4, 0.5) is 0 Å². The highest BCUT2D eigenvalue weighted by atomic mass is 127. The maximum absolute atomic E-state index is 5.19. The Hall–Kier alpha value is -0.790. The number of guanidine groups is 1. The molecule has 1 aliphatic heterocycles. The van der Waals surface area contributed by atoms with Crippen molar-refractivity contribution in [3.63, 3.8) is 0 Å². The molecule has 0 aromatic carbocycles. The number of likely N-dealkylation sites (tertiary alicyclic amines) is 1. The molecule has 1 aromatic heterocycles. The minimum absolute atomic E-state index is 0. The van der Waals surface area contributed by atoms with Gasteiger partial charge in [-0.15, -0.1) is 24.0 Å². The quantitative estimate of drug-likeness (QED) is 0.477. The number of hydrogen-bond acceptors (Lipinski definition) is 3. The number of aromatic nitrogens is 1.